The first-order chi connectivity index (χ1) is 13.1. The predicted molar refractivity (Wildman–Crippen MR) is 101 cm³/mol. The molecule has 0 bridgehead atoms. The molecule has 1 aliphatic heterocycles. The van der Waals surface area contributed by atoms with Crippen molar-refractivity contribution in [2.24, 2.45) is 0 Å². The van der Waals surface area contributed by atoms with Crippen molar-refractivity contribution in [3.8, 4) is 0 Å². The number of carbonyl (C=O) groups excluding carboxylic acids is 2. The Morgan fingerprint density at radius 3 is 2.57 bits per heavy atom. The summed E-state index contributed by atoms with van der Waals surface area (Å²) in [6, 6.07) is 1.57. The van der Waals surface area contributed by atoms with Crippen LogP contribution in [0.5, 0.6) is 0 Å². The van der Waals surface area contributed by atoms with Crippen LogP contribution in [0.1, 0.15) is 51.2 Å². The topological polar surface area (TPSA) is 108 Å². The number of aryl methyl sites for hydroxylation is 3. The van der Waals surface area contributed by atoms with Gasteiger partial charge >= 0.3 is 5.97 Å². The first-order valence-corrected chi connectivity index (χ1v) is 10.9. The fraction of sp³-hybridized carbons (Fsp3) is 0.526. The lowest BCUT2D eigenvalue weighted by Gasteiger charge is -2.16. The van der Waals surface area contributed by atoms with Crippen molar-refractivity contribution >= 4 is 21.6 Å². The van der Waals surface area contributed by atoms with E-state index in [1.54, 1.807) is 26.8 Å². The number of aromatic nitrogens is 2. The maximum atomic E-state index is 12.6. The molecule has 0 N–H and O–H groups in total. The molecule has 3 heterocycles. The van der Waals surface area contributed by atoms with E-state index in [-0.39, 0.29) is 36.4 Å². The minimum atomic E-state index is -3.03. The summed E-state index contributed by atoms with van der Waals surface area (Å²) < 4.78 is 35.6. The second kappa shape index (κ2) is 7.54. The van der Waals surface area contributed by atoms with Crippen molar-refractivity contribution in [2.75, 3.05) is 18.1 Å². The number of carbonyl (C=O) groups is 2. The largest absolute Gasteiger partial charge is 0.457 e. The summed E-state index contributed by atoms with van der Waals surface area (Å²) in [4.78, 5) is 24.6. The Balaban J connectivity index is 1.67. The van der Waals surface area contributed by atoms with Crippen molar-refractivity contribution in [2.45, 2.75) is 46.6 Å². The molecule has 3 rings (SSSR count). The van der Waals surface area contributed by atoms with Crippen molar-refractivity contribution in [3.05, 3.63) is 40.0 Å². The van der Waals surface area contributed by atoms with Crippen LogP contribution in [0.3, 0.4) is 0 Å². The molecule has 0 amide bonds. The number of esters is 1. The van der Waals surface area contributed by atoms with Crippen LogP contribution in [0.15, 0.2) is 10.6 Å². The summed E-state index contributed by atoms with van der Waals surface area (Å²) in [7, 11) is -3.03. The highest BCUT2D eigenvalue weighted by Gasteiger charge is 2.31. The maximum absolute atomic E-state index is 12.6. The molecular weight excluding hydrogens is 384 g/mol. The molecule has 1 unspecified atom stereocenters. The lowest BCUT2D eigenvalue weighted by Crippen LogP contribution is -2.18. The molecule has 1 fully saturated rings. The third-order valence-corrected chi connectivity index (χ3v) is 6.98. The Bertz CT molecular complexity index is 1010. The zero-order chi connectivity index (χ0) is 20.6. The molecular formula is C19H24N2O6S. The molecule has 1 saturated heterocycles. The molecule has 1 aliphatic rings. The van der Waals surface area contributed by atoms with E-state index >= 15 is 0 Å². The average Bonchev–Trinajstić information content (AvgIpc) is 3.23. The Kier molecular flexibility index (Phi) is 5.47. The smallest absolute Gasteiger partial charge is 0.310 e. The van der Waals surface area contributed by atoms with E-state index in [0.717, 1.165) is 5.69 Å². The highest BCUT2D eigenvalue weighted by atomic mass is 32.2. The van der Waals surface area contributed by atoms with Crippen LogP contribution >= 0.6 is 0 Å². The highest BCUT2D eigenvalue weighted by Crippen LogP contribution is 2.29. The minimum absolute atomic E-state index is 0.00655. The zero-order valence-corrected chi connectivity index (χ0v) is 17.3. The van der Waals surface area contributed by atoms with Crippen LogP contribution in [0.4, 0.5) is 0 Å². The van der Waals surface area contributed by atoms with Crippen LogP contribution in [0.25, 0.3) is 0 Å². The van der Waals surface area contributed by atoms with Gasteiger partial charge in [-0.2, -0.15) is 0 Å². The van der Waals surface area contributed by atoms with Crippen molar-refractivity contribution in [1.82, 2.24) is 9.72 Å². The number of ketones is 1. The van der Waals surface area contributed by atoms with E-state index in [9.17, 15) is 18.0 Å². The van der Waals surface area contributed by atoms with E-state index in [2.05, 4.69) is 5.16 Å². The van der Waals surface area contributed by atoms with Gasteiger partial charge in [0, 0.05) is 28.6 Å². The molecule has 2 aromatic heterocycles. The quantitative estimate of drug-likeness (QED) is 0.531. The fourth-order valence-electron chi connectivity index (χ4n) is 3.77. The normalized spacial score (nSPS) is 18.4. The molecule has 0 aromatic carbocycles. The Labute approximate surface area is 163 Å². The van der Waals surface area contributed by atoms with Gasteiger partial charge in [0.2, 0.25) is 5.78 Å². The van der Waals surface area contributed by atoms with Gasteiger partial charge in [-0.1, -0.05) is 5.16 Å². The van der Waals surface area contributed by atoms with Gasteiger partial charge in [0.1, 0.15) is 5.76 Å². The summed E-state index contributed by atoms with van der Waals surface area (Å²) in [5.74, 6) is -0.0395. The van der Waals surface area contributed by atoms with Gasteiger partial charge in [0.05, 0.1) is 23.6 Å². The van der Waals surface area contributed by atoms with Gasteiger partial charge in [-0.15, -0.1) is 0 Å². The van der Waals surface area contributed by atoms with Gasteiger partial charge < -0.3 is 13.8 Å². The summed E-state index contributed by atoms with van der Waals surface area (Å²) >= 11 is 0. The second-order valence-corrected chi connectivity index (χ2v) is 9.50. The van der Waals surface area contributed by atoms with Crippen molar-refractivity contribution in [1.29, 1.82) is 0 Å². The minimum Gasteiger partial charge on any atom is -0.457 e. The third kappa shape index (κ3) is 4.04. The molecule has 1 atom stereocenters. The lowest BCUT2D eigenvalue weighted by molar-refractivity contribution is -0.141. The van der Waals surface area contributed by atoms with E-state index in [0.29, 0.717) is 34.7 Å². The number of Topliss-reactive ketones (excluding diaryl/α,β-unsaturated/α-hetero) is 1. The number of hydrogen-bond donors (Lipinski definition) is 0. The van der Waals surface area contributed by atoms with Gasteiger partial charge in [0.15, 0.2) is 16.4 Å². The average molecular weight is 408 g/mol. The second-order valence-electron chi connectivity index (χ2n) is 7.28. The summed E-state index contributed by atoms with van der Waals surface area (Å²) in [5.41, 5.74) is 3.26. The van der Waals surface area contributed by atoms with E-state index < -0.39 is 15.8 Å². The summed E-state index contributed by atoms with van der Waals surface area (Å²) in [6.45, 7) is 6.72. The van der Waals surface area contributed by atoms with Crippen LogP contribution < -0.4 is 0 Å². The van der Waals surface area contributed by atoms with Gasteiger partial charge in [-0.05, 0) is 40.2 Å². The summed E-state index contributed by atoms with van der Waals surface area (Å²) in [5, 5.41) is 3.79. The number of rotatable bonds is 6. The molecule has 0 radical (unpaired) electrons. The van der Waals surface area contributed by atoms with Crippen LogP contribution in [0, 0.1) is 27.7 Å². The molecule has 0 aliphatic carbocycles. The van der Waals surface area contributed by atoms with Crippen molar-refractivity contribution < 1.29 is 27.3 Å². The summed E-state index contributed by atoms with van der Waals surface area (Å²) in [6.07, 6.45) is 0.534. The SMILES string of the molecule is Cc1noc(C)c1CC(=O)OCC(=O)c1cc(C)n(C2CCS(=O)(=O)C2)c1C. The van der Waals surface area contributed by atoms with E-state index in [1.165, 1.54) is 0 Å². The standard InChI is InChI=1S/C19H24N2O6S/c1-11-7-17(13(3)21(11)15-5-6-28(24,25)10-15)18(22)9-26-19(23)8-16-12(2)20-27-14(16)4/h7,15H,5-6,8-10H2,1-4H3. The Morgan fingerprint density at radius 1 is 1.29 bits per heavy atom. The molecule has 0 saturated carbocycles. The fourth-order valence-corrected chi connectivity index (χ4v) is 5.47. The van der Waals surface area contributed by atoms with Gasteiger partial charge in [0.25, 0.3) is 0 Å². The highest BCUT2D eigenvalue weighted by molar-refractivity contribution is 7.91. The molecule has 9 heteroatoms. The molecule has 8 nitrogen and oxygen atoms in total. The maximum Gasteiger partial charge on any atom is 0.310 e. The van der Waals surface area contributed by atoms with Gasteiger partial charge in [-0.3, -0.25) is 9.59 Å². The van der Waals surface area contributed by atoms with E-state index in [4.69, 9.17) is 9.26 Å². The molecule has 0 spiro atoms. The van der Waals surface area contributed by atoms with Crippen LogP contribution in [-0.2, 0) is 25.8 Å². The number of hydrogen-bond acceptors (Lipinski definition) is 7. The Morgan fingerprint density at radius 2 is 2.00 bits per heavy atom. The van der Waals surface area contributed by atoms with Crippen LogP contribution in [-0.4, -0.2) is 48.0 Å². The van der Waals surface area contributed by atoms with Gasteiger partial charge in [-0.25, -0.2) is 8.42 Å². The molecule has 28 heavy (non-hydrogen) atoms. The third-order valence-electron chi connectivity index (χ3n) is 5.22. The monoisotopic (exact) mass is 408 g/mol. The number of nitrogens with zero attached hydrogens (tertiary/aromatic N) is 2. The zero-order valence-electron chi connectivity index (χ0n) is 16.4. The molecule has 152 valence electrons. The predicted octanol–water partition coefficient (Wildman–Crippen LogP) is 2.04. The number of ether oxygens (including phenoxy) is 1. The van der Waals surface area contributed by atoms with E-state index in [1.807, 2.05) is 11.5 Å². The molecule has 2 aromatic rings. The number of sulfone groups is 1. The Hall–Kier alpha value is -2.42. The first-order valence-electron chi connectivity index (χ1n) is 9.08. The lowest BCUT2D eigenvalue weighted by atomic mass is 10.1. The van der Waals surface area contributed by atoms with Crippen LogP contribution in [0.2, 0.25) is 0 Å². The van der Waals surface area contributed by atoms with Crippen molar-refractivity contribution in [3.63, 3.8) is 0 Å². The first kappa shape index (κ1) is 20.3.